The van der Waals surface area contributed by atoms with Gasteiger partial charge in [0, 0.05) is 31.4 Å². The highest BCUT2D eigenvalue weighted by Gasteiger charge is 2.11. The third-order valence-corrected chi connectivity index (χ3v) is 2.95. The minimum Gasteiger partial charge on any atom is -0.497 e. The average Bonchev–Trinajstić information content (AvgIpc) is 2.28. The zero-order valence-electron chi connectivity index (χ0n) is 10.6. The number of benzene rings is 1. The first kappa shape index (κ1) is 12.8. The van der Waals surface area contributed by atoms with Crippen molar-refractivity contribution < 1.29 is 4.74 Å². The molecule has 1 aromatic carbocycles. The van der Waals surface area contributed by atoms with Gasteiger partial charge in [0.05, 0.1) is 7.11 Å². The van der Waals surface area contributed by atoms with Gasteiger partial charge in [-0.25, -0.2) is 0 Å². The van der Waals surface area contributed by atoms with Crippen molar-refractivity contribution in [2.24, 2.45) is 11.7 Å². The predicted octanol–water partition coefficient (Wildman–Crippen LogP) is 2.11. The topological polar surface area (TPSA) is 38.5 Å². The molecule has 0 fully saturated rings. The summed E-state index contributed by atoms with van der Waals surface area (Å²) in [7, 11) is 3.76. The van der Waals surface area contributed by atoms with Gasteiger partial charge in [0.25, 0.3) is 0 Å². The van der Waals surface area contributed by atoms with E-state index >= 15 is 0 Å². The molecule has 0 radical (unpaired) electrons. The first-order valence-corrected chi connectivity index (χ1v) is 5.65. The molecule has 3 nitrogen and oxygen atoms in total. The molecule has 0 bridgehead atoms. The largest absolute Gasteiger partial charge is 0.497 e. The second-order valence-corrected chi connectivity index (χ2v) is 4.42. The minimum absolute atomic E-state index is 0.216. The number of rotatable bonds is 5. The minimum atomic E-state index is 0.216. The highest BCUT2D eigenvalue weighted by molar-refractivity contribution is 5.50. The van der Waals surface area contributed by atoms with Crippen molar-refractivity contribution in [3.8, 4) is 5.75 Å². The quantitative estimate of drug-likeness (QED) is 0.829. The normalized spacial score (nSPS) is 14.3. The summed E-state index contributed by atoms with van der Waals surface area (Å²) in [5.74, 6) is 1.36. The Hall–Kier alpha value is -1.22. The summed E-state index contributed by atoms with van der Waals surface area (Å²) in [6.45, 7) is 5.16. The summed E-state index contributed by atoms with van der Waals surface area (Å²) >= 11 is 0. The monoisotopic (exact) mass is 222 g/mol. The standard InChI is InChI=1S/C13H22N2O/c1-10(11(2)14)9-15(3)12-6-5-7-13(8-12)16-4/h5-8,10-11H,9,14H2,1-4H3. The molecule has 2 N–H and O–H groups in total. The molecular formula is C13H22N2O. The molecule has 0 aliphatic heterocycles. The van der Waals surface area contributed by atoms with E-state index in [1.54, 1.807) is 7.11 Å². The van der Waals surface area contributed by atoms with Crippen LogP contribution in [-0.4, -0.2) is 26.7 Å². The van der Waals surface area contributed by atoms with Crippen LogP contribution >= 0.6 is 0 Å². The first-order chi connectivity index (χ1) is 7.54. The van der Waals surface area contributed by atoms with Crippen LogP contribution in [0.2, 0.25) is 0 Å². The number of ether oxygens (including phenoxy) is 1. The van der Waals surface area contributed by atoms with Crippen LogP contribution in [0.1, 0.15) is 13.8 Å². The smallest absolute Gasteiger partial charge is 0.120 e. The first-order valence-electron chi connectivity index (χ1n) is 5.65. The number of hydrogen-bond donors (Lipinski definition) is 1. The molecule has 0 saturated carbocycles. The van der Waals surface area contributed by atoms with E-state index < -0.39 is 0 Å². The molecule has 0 spiro atoms. The van der Waals surface area contributed by atoms with Gasteiger partial charge in [0.2, 0.25) is 0 Å². The van der Waals surface area contributed by atoms with Crippen molar-refractivity contribution in [2.75, 3.05) is 25.6 Å². The Morgan fingerprint density at radius 3 is 2.62 bits per heavy atom. The third-order valence-electron chi connectivity index (χ3n) is 2.95. The van der Waals surface area contributed by atoms with Crippen molar-refractivity contribution in [1.82, 2.24) is 0 Å². The van der Waals surface area contributed by atoms with Crippen molar-refractivity contribution >= 4 is 5.69 Å². The lowest BCUT2D eigenvalue weighted by molar-refractivity contribution is 0.414. The summed E-state index contributed by atoms with van der Waals surface area (Å²) in [5, 5.41) is 0. The van der Waals surface area contributed by atoms with Crippen molar-refractivity contribution in [3.05, 3.63) is 24.3 Å². The number of hydrogen-bond acceptors (Lipinski definition) is 3. The van der Waals surface area contributed by atoms with Crippen LogP contribution in [0, 0.1) is 5.92 Å². The Bertz CT molecular complexity index is 325. The molecule has 0 aliphatic rings. The zero-order valence-corrected chi connectivity index (χ0v) is 10.6. The summed E-state index contributed by atoms with van der Waals surface area (Å²) in [6.07, 6.45) is 0. The van der Waals surface area contributed by atoms with Crippen molar-refractivity contribution in [3.63, 3.8) is 0 Å². The van der Waals surface area contributed by atoms with Crippen LogP contribution in [-0.2, 0) is 0 Å². The van der Waals surface area contributed by atoms with Gasteiger partial charge in [-0.05, 0) is 25.0 Å². The summed E-state index contributed by atoms with van der Waals surface area (Å²) in [4.78, 5) is 2.20. The predicted molar refractivity (Wildman–Crippen MR) is 69.1 cm³/mol. The van der Waals surface area contributed by atoms with Crippen molar-refractivity contribution in [1.29, 1.82) is 0 Å². The second kappa shape index (κ2) is 5.75. The lowest BCUT2D eigenvalue weighted by Crippen LogP contribution is -2.34. The van der Waals surface area contributed by atoms with E-state index in [1.165, 1.54) is 0 Å². The maximum absolute atomic E-state index is 5.87. The van der Waals surface area contributed by atoms with E-state index in [4.69, 9.17) is 10.5 Å². The SMILES string of the molecule is COc1cccc(N(C)CC(C)C(C)N)c1. The zero-order chi connectivity index (χ0) is 12.1. The van der Waals surface area contributed by atoms with E-state index in [9.17, 15) is 0 Å². The Kier molecular flexibility index (Phi) is 4.62. The van der Waals surface area contributed by atoms with E-state index in [0.717, 1.165) is 18.0 Å². The lowest BCUT2D eigenvalue weighted by Gasteiger charge is -2.25. The molecule has 0 amide bonds. The van der Waals surface area contributed by atoms with Crippen LogP contribution in [0.4, 0.5) is 5.69 Å². The maximum atomic E-state index is 5.87. The molecule has 2 unspecified atom stereocenters. The van der Waals surface area contributed by atoms with Gasteiger partial charge < -0.3 is 15.4 Å². The Labute approximate surface area is 98.2 Å². The Morgan fingerprint density at radius 1 is 1.38 bits per heavy atom. The fourth-order valence-electron chi connectivity index (χ4n) is 1.55. The number of anilines is 1. The fraction of sp³-hybridized carbons (Fsp3) is 0.538. The molecule has 1 aromatic rings. The molecule has 16 heavy (non-hydrogen) atoms. The van der Waals surface area contributed by atoms with Gasteiger partial charge >= 0.3 is 0 Å². The van der Waals surface area contributed by atoms with Gasteiger partial charge in [-0.1, -0.05) is 13.0 Å². The number of methoxy groups -OCH3 is 1. The maximum Gasteiger partial charge on any atom is 0.120 e. The van der Waals surface area contributed by atoms with Crippen LogP contribution in [0.25, 0.3) is 0 Å². The summed E-state index contributed by atoms with van der Waals surface area (Å²) < 4.78 is 5.21. The van der Waals surface area contributed by atoms with Crippen LogP contribution < -0.4 is 15.4 Å². The molecule has 0 heterocycles. The Balaban J connectivity index is 2.68. The van der Waals surface area contributed by atoms with Gasteiger partial charge in [0.1, 0.15) is 5.75 Å². The highest BCUT2D eigenvalue weighted by atomic mass is 16.5. The van der Waals surface area contributed by atoms with Crippen molar-refractivity contribution in [2.45, 2.75) is 19.9 Å². The van der Waals surface area contributed by atoms with E-state index in [1.807, 2.05) is 25.1 Å². The van der Waals surface area contributed by atoms with Gasteiger partial charge in [-0.3, -0.25) is 0 Å². The molecule has 0 aliphatic carbocycles. The number of nitrogens with two attached hydrogens (primary N) is 1. The highest BCUT2D eigenvalue weighted by Crippen LogP contribution is 2.20. The average molecular weight is 222 g/mol. The van der Waals surface area contributed by atoms with E-state index in [2.05, 4.69) is 24.9 Å². The Morgan fingerprint density at radius 2 is 2.06 bits per heavy atom. The van der Waals surface area contributed by atoms with Gasteiger partial charge in [-0.15, -0.1) is 0 Å². The van der Waals surface area contributed by atoms with E-state index in [-0.39, 0.29) is 6.04 Å². The van der Waals surface area contributed by atoms with Crippen LogP contribution in [0.15, 0.2) is 24.3 Å². The van der Waals surface area contributed by atoms with Crippen LogP contribution in [0.5, 0.6) is 5.75 Å². The van der Waals surface area contributed by atoms with Crippen LogP contribution in [0.3, 0.4) is 0 Å². The molecule has 0 aromatic heterocycles. The molecule has 0 saturated heterocycles. The van der Waals surface area contributed by atoms with Gasteiger partial charge in [-0.2, -0.15) is 0 Å². The van der Waals surface area contributed by atoms with Gasteiger partial charge in [0.15, 0.2) is 0 Å². The molecular weight excluding hydrogens is 200 g/mol. The summed E-state index contributed by atoms with van der Waals surface area (Å²) in [5.41, 5.74) is 7.03. The third kappa shape index (κ3) is 3.42. The molecule has 90 valence electrons. The fourth-order valence-corrected chi connectivity index (χ4v) is 1.55. The van der Waals surface area contributed by atoms with E-state index in [0.29, 0.717) is 5.92 Å². The number of nitrogens with zero attached hydrogens (tertiary/aromatic N) is 1. The molecule has 3 heteroatoms. The lowest BCUT2D eigenvalue weighted by atomic mass is 10.0. The molecule has 2 atom stereocenters. The summed E-state index contributed by atoms with van der Waals surface area (Å²) in [6, 6.07) is 8.28. The molecule has 1 rings (SSSR count). The second-order valence-electron chi connectivity index (χ2n) is 4.42.